The number of carbonyl (C=O) groups excluding carboxylic acids is 3. The molecule has 0 atom stereocenters. The number of amides is 1. The number of carbonyl (C=O) groups is 2. The summed E-state index contributed by atoms with van der Waals surface area (Å²) in [6.45, 7) is 5.98. The fourth-order valence-electron chi connectivity index (χ4n) is 1.13. The molecule has 1 amide bonds. The Morgan fingerprint density at radius 2 is 1.96 bits per heavy atom. The second-order valence-corrected chi connectivity index (χ2v) is 4.73. The highest BCUT2D eigenvalue weighted by molar-refractivity contribution is 5.92. The number of aromatic nitrogens is 1. The summed E-state index contributed by atoms with van der Waals surface area (Å²) in [5.74, 6) is -0.206. The van der Waals surface area contributed by atoms with E-state index in [0.717, 1.165) is 18.8 Å². The van der Waals surface area contributed by atoms with Crippen LogP contribution in [0.1, 0.15) is 44.1 Å². The molecule has 6 nitrogen and oxygen atoms in total. The minimum Gasteiger partial charge on any atom is -0.468 e. The Bertz CT molecular complexity index is 615. The molecule has 0 bridgehead atoms. The Labute approximate surface area is 154 Å². The fourth-order valence-corrected chi connectivity index (χ4v) is 1.13. The molecule has 0 aliphatic carbocycles. The molecule has 27 heavy (non-hydrogen) atoms. The van der Waals surface area contributed by atoms with E-state index in [9.17, 15) is 31.9 Å². The summed E-state index contributed by atoms with van der Waals surface area (Å²) in [7, 11) is 0. The quantitative estimate of drug-likeness (QED) is 0.263. The zero-order valence-electron chi connectivity index (χ0n) is 15.2. The normalized spacial score (nSPS) is 9.44. The summed E-state index contributed by atoms with van der Waals surface area (Å²) in [4.78, 5) is 33.3. The first-order valence-corrected chi connectivity index (χ1v) is 7.88. The lowest BCUT2D eigenvalue weighted by atomic mass is 10.3. The first kappa shape index (κ1) is 26.5. The lowest BCUT2D eigenvalue weighted by Gasteiger charge is -2.02. The highest BCUT2D eigenvalue weighted by atomic mass is 19.4. The van der Waals surface area contributed by atoms with E-state index >= 15 is 0 Å². The van der Waals surface area contributed by atoms with Crippen LogP contribution in [-0.2, 0) is 14.3 Å². The molecule has 0 unspecified atom stereocenters. The fraction of sp³-hybridized carbons (Fsp3) is 0.471. The lowest BCUT2D eigenvalue weighted by Crippen LogP contribution is -2.25. The first-order chi connectivity index (χ1) is 12.6. The predicted molar refractivity (Wildman–Crippen MR) is 90.1 cm³/mol. The van der Waals surface area contributed by atoms with Crippen LogP contribution in [0.15, 0.2) is 23.8 Å². The number of nitrogens with zero attached hydrogens (tertiary/aromatic N) is 1. The second-order valence-electron chi connectivity index (χ2n) is 4.73. The van der Waals surface area contributed by atoms with Crippen molar-refractivity contribution < 1.29 is 36.7 Å². The van der Waals surface area contributed by atoms with Gasteiger partial charge < -0.3 is 10.1 Å². The van der Waals surface area contributed by atoms with Crippen LogP contribution < -0.4 is 5.32 Å². The van der Waals surface area contributed by atoms with Crippen LogP contribution in [0.2, 0.25) is 0 Å². The van der Waals surface area contributed by atoms with Gasteiger partial charge in [0.05, 0.1) is 6.61 Å². The van der Waals surface area contributed by atoms with E-state index in [1.54, 1.807) is 6.92 Å². The number of pyridine rings is 1. The van der Waals surface area contributed by atoms with Gasteiger partial charge in [-0.3, -0.25) is 9.59 Å². The summed E-state index contributed by atoms with van der Waals surface area (Å²) in [5, 5.41) is 2.66. The largest absolute Gasteiger partial charge is 0.468 e. The molecule has 152 valence electrons. The number of halogens is 4. The minimum absolute atomic E-state index is 0.126. The monoisotopic (exact) mass is 394 g/mol. The maximum atomic E-state index is 12.6. The first-order valence-electron chi connectivity index (χ1n) is 7.88. The number of nitrogens with one attached hydrogen (secondary N) is 1. The third-order valence-corrected chi connectivity index (χ3v) is 2.58. The molecule has 1 heterocycles. The van der Waals surface area contributed by atoms with Gasteiger partial charge in [0.25, 0.3) is 12.4 Å². The molecule has 0 saturated heterocycles. The van der Waals surface area contributed by atoms with Crippen LogP contribution in [0.5, 0.6) is 0 Å². The van der Waals surface area contributed by atoms with Gasteiger partial charge in [-0.1, -0.05) is 19.4 Å². The van der Waals surface area contributed by atoms with Gasteiger partial charge in [0.2, 0.25) is 5.95 Å². The molecule has 0 aliphatic heterocycles. The third-order valence-electron chi connectivity index (χ3n) is 2.58. The van der Waals surface area contributed by atoms with Crippen LogP contribution >= 0.6 is 0 Å². The van der Waals surface area contributed by atoms with E-state index in [0.29, 0.717) is 26.5 Å². The molecule has 0 spiro atoms. The predicted octanol–water partition coefficient (Wildman–Crippen LogP) is 3.26. The van der Waals surface area contributed by atoms with Gasteiger partial charge in [-0.15, -0.1) is 0 Å². The number of hydrogen-bond donors (Lipinski definition) is 1. The van der Waals surface area contributed by atoms with Crippen molar-refractivity contribution in [3.05, 3.63) is 35.4 Å². The van der Waals surface area contributed by atoms with Gasteiger partial charge in [0, 0.05) is 6.54 Å². The Kier molecular flexibility index (Phi) is 15.2. The van der Waals surface area contributed by atoms with Crippen molar-refractivity contribution in [3.63, 3.8) is 0 Å². The molecule has 1 N–H and O–H groups in total. The summed E-state index contributed by atoms with van der Waals surface area (Å²) in [5.41, 5.74) is -1.10. The zero-order chi connectivity index (χ0) is 21.3. The average Bonchev–Trinajstić information content (AvgIpc) is 2.62. The SMILES string of the molecule is CC(=C=O)C(F)(F)F.CCCCNC(=O)c1cccc(F)n1.CCOC=O. The number of alkyl halides is 3. The molecule has 0 aromatic carbocycles. The van der Waals surface area contributed by atoms with Gasteiger partial charge in [-0.2, -0.15) is 17.6 Å². The van der Waals surface area contributed by atoms with Crippen molar-refractivity contribution in [2.45, 2.75) is 39.8 Å². The van der Waals surface area contributed by atoms with Gasteiger partial charge in [-0.05, 0) is 32.4 Å². The van der Waals surface area contributed by atoms with E-state index in [-0.39, 0.29) is 11.6 Å². The molecule has 0 fully saturated rings. The van der Waals surface area contributed by atoms with E-state index < -0.39 is 17.7 Å². The van der Waals surface area contributed by atoms with Crippen LogP contribution in [0.4, 0.5) is 17.6 Å². The maximum absolute atomic E-state index is 12.6. The Balaban J connectivity index is 0. The molecular weight excluding hydrogens is 372 g/mol. The van der Waals surface area contributed by atoms with Crippen molar-refractivity contribution in [3.8, 4) is 0 Å². The van der Waals surface area contributed by atoms with E-state index in [2.05, 4.69) is 15.0 Å². The molecule has 0 aliphatic rings. The molecular formula is C17H22F4N2O4. The average molecular weight is 394 g/mol. The highest BCUT2D eigenvalue weighted by Crippen LogP contribution is 2.21. The van der Waals surface area contributed by atoms with E-state index in [4.69, 9.17) is 0 Å². The smallest absolute Gasteiger partial charge is 0.422 e. The van der Waals surface area contributed by atoms with Crippen molar-refractivity contribution >= 4 is 18.3 Å². The molecule has 1 aromatic rings. The zero-order valence-corrected chi connectivity index (χ0v) is 15.2. The number of rotatable bonds is 6. The highest BCUT2D eigenvalue weighted by Gasteiger charge is 2.31. The summed E-state index contributed by atoms with van der Waals surface area (Å²) in [6.07, 6.45) is -2.57. The van der Waals surface area contributed by atoms with Crippen LogP contribution in [0, 0.1) is 5.95 Å². The maximum Gasteiger partial charge on any atom is 0.422 e. The van der Waals surface area contributed by atoms with Crippen LogP contribution in [0.25, 0.3) is 0 Å². The lowest BCUT2D eigenvalue weighted by molar-refractivity contribution is -0.128. The minimum atomic E-state index is -4.50. The molecule has 10 heteroatoms. The topological polar surface area (TPSA) is 85.4 Å². The summed E-state index contributed by atoms with van der Waals surface area (Å²) < 4.78 is 50.2. The third kappa shape index (κ3) is 15.2. The molecule has 1 aromatic heterocycles. The van der Waals surface area contributed by atoms with E-state index in [1.165, 1.54) is 18.2 Å². The van der Waals surface area contributed by atoms with Gasteiger partial charge in [0.15, 0.2) is 0 Å². The summed E-state index contributed by atoms with van der Waals surface area (Å²) in [6, 6.07) is 4.17. The number of allylic oxidation sites excluding steroid dienone is 1. The van der Waals surface area contributed by atoms with Gasteiger partial charge in [-0.25, -0.2) is 9.78 Å². The molecule has 0 saturated carbocycles. The van der Waals surface area contributed by atoms with Crippen LogP contribution in [0.3, 0.4) is 0 Å². The van der Waals surface area contributed by atoms with Gasteiger partial charge in [0.1, 0.15) is 17.2 Å². The van der Waals surface area contributed by atoms with Crippen molar-refractivity contribution in [2.24, 2.45) is 0 Å². The molecule has 0 radical (unpaired) electrons. The molecule has 1 rings (SSSR count). The Hall–Kier alpha value is -2.74. The standard InChI is InChI=1S/C10H13FN2O.C4H3F3O.C3H6O2/c1-2-3-7-12-10(14)8-5-4-6-9(11)13-8;1-3(2-8)4(5,6)7;1-2-5-3-4/h4-6H,2-3,7H2,1H3,(H,12,14);1H3;3H,2H2,1H3. The number of unbranched alkanes of at least 4 members (excludes halogenated alkanes) is 1. The number of ether oxygens (including phenoxy) is 1. The van der Waals surface area contributed by atoms with Crippen LogP contribution in [-0.4, -0.2) is 42.6 Å². The van der Waals surface area contributed by atoms with Crippen molar-refractivity contribution in [2.75, 3.05) is 13.2 Å². The Morgan fingerprint density at radius 3 is 2.30 bits per heavy atom. The second kappa shape index (κ2) is 15.5. The summed E-state index contributed by atoms with van der Waals surface area (Å²) >= 11 is 0. The van der Waals surface area contributed by atoms with Crippen molar-refractivity contribution in [1.82, 2.24) is 10.3 Å². The van der Waals surface area contributed by atoms with E-state index in [1.807, 2.05) is 6.92 Å². The van der Waals surface area contributed by atoms with Crippen molar-refractivity contribution in [1.29, 1.82) is 0 Å². The Morgan fingerprint density at radius 1 is 1.33 bits per heavy atom. The number of hydrogen-bond acceptors (Lipinski definition) is 5. The van der Waals surface area contributed by atoms with Gasteiger partial charge >= 0.3 is 6.18 Å².